The van der Waals surface area contributed by atoms with Gasteiger partial charge in [-0.2, -0.15) is 0 Å². The molecule has 6 nitrogen and oxygen atoms in total. The maximum atomic E-state index is 12.9. The van der Waals surface area contributed by atoms with Gasteiger partial charge in [0.25, 0.3) is 15.9 Å². The SMILES string of the molecule is NC1CCN(C(=O)c2ccc(S(=O)(=O)Nc3ccc(F)cc3)cc2)CC1. The van der Waals surface area contributed by atoms with Gasteiger partial charge in [0.2, 0.25) is 0 Å². The van der Waals surface area contributed by atoms with Crippen molar-refractivity contribution < 1.29 is 17.6 Å². The molecule has 26 heavy (non-hydrogen) atoms. The second-order valence-electron chi connectivity index (χ2n) is 6.27. The van der Waals surface area contributed by atoms with Gasteiger partial charge in [-0.05, 0) is 61.4 Å². The standard InChI is InChI=1S/C18H20FN3O3S/c19-14-3-5-16(6-4-14)21-26(24,25)17-7-1-13(2-8-17)18(23)22-11-9-15(20)10-12-22/h1-8,15,21H,9-12,20H2. The van der Waals surface area contributed by atoms with Crippen molar-refractivity contribution >= 4 is 21.6 Å². The molecule has 0 bridgehead atoms. The van der Waals surface area contributed by atoms with Gasteiger partial charge in [-0.3, -0.25) is 9.52 Å². The van der Waals surface area contributed by atoms with E-state index in [1.165, 1.54) is 48.5 Å². The minimum atomic E-state index is -3.81. The van der Waals surface area contributed by atoms with Crippen LogP contribution in [0.3, 0.4) is 0 Å². The van der Waals surface area contributed by atoms with Crippen LogP contribution in [0.5, 0.6) is 0 Å². The molecule has 0 unspecified atom stereocenters. The smallest absolute Gasteiger partial charge is 0.261 e. The number of piperidine rings is 1. The monoisotopic (exact) mass is 377 g/mol. The van der Waals surface area contributed by atoms with Crippen LogP contribution >= 0.6 is 0 Å². The van der Waals surface area contributed by atoms with Crippen molar-refractivity contribution in [3.8, 4) is 0 Å². The van der Waals surface area contributed by atoms with Crippen molar-refractivity contribution in [2.45, 2.75) is 23.8 Å². The van der Waals surface area contributed by atoms with E-state index in [0.29, 0.717) is 18.7 Å². The van der Waals surface area contributed by atoms with Gasteiger partial charge in [0.1, 0.15) is 5.82 Å². The Hall–Kier alpha value is -2.45. The van der Waals surface area contributed by atoms with E-state index in [0.717, 1.165) is 12.8 Å². The summed E-state index contributed by atoms with van der Waals surface area (Å²) in [6.07, 6.45) is 1.53. The van der Waals surface area contributed by atoms with Gasteiger partial charge in [-0.15, -0.1) is 0 Å². The largest absolute Gasteiger partial charge is 0.339 e. The van der Waals surface area contributed by atoms with Crippen LogP contribution in [0.2, 0.25) is 0 Å². The van der Waals surface area contributed by atoms with Crippen LogP contribution in [-0.4, -0.2) is 38.4 Å². The topological polar surface area (TPSA) is 92.5 Å². The van der Waals surface area contributed by atoms with E-state index in [1.54, 1.807) is 4.90 Å². The Morgan fingerprint density at radius 1 is 1.04 bits per heavy atom. The zero-order chi connectivity index (χ0) is 18.7. The molecular weight excluding hydrogens is 357 g/mol. The number of hydrogen-bond donors (Lipinski definition) is 2. The van der Waals surface area contributed by atoms with E-state index in [2.05, 4.69) is 4.72 Å². The fourth-order valence-corrected chi connectivity index (χ4v) is 3.85. The molecule has 8 heteroatoms. The normalized spacial score (nSPS) is 15.7. The molecule has 0 aliphatic carbocycles. The van der Waals surface area contributed by atoms with Crippen LogP contribution in [0.4, 0.5) is 10.1 Å². The van der Waals surface area contributed by atoms with Gasteiger partial charge < -0.3 is 10.6 Å². The fourth-order valence-electron chi connectivity index (χ4n) is 2.79. The molecule has 0 atom stereocenters. The van der Waals surface area contributed by atoms with Crippen molar-refractivity contribution in [1.29, 1.82) is 0 Å². The van der Waals surface area contributed by atoms with Gasteiger partial charge >= 0.3 is 0 Å². The first-order chi connectivity index (χ1) is 12.3. The molecule has 0 radical (unpaired) electrons. The van der Waals surface area contributed by atoms with Gasteiger partial charge in [-0.1, -0.05) is 0 Å². The third kappa shape index (κ3) is 4.20. The second-order valence-corrected chi connectivity index (χ2v) is 7.95. The predicted molar refractivity (Wildman–Crippen MR) is 96.8 cm³/mol. The molecular formula is C18H20FN3O3S. The van der Waals surface area contributed by atoms with E-state index in [1.807, 2.05) is 0 Å². The van der Waals surface area contributed by atoms with E-state index in [-0.39, 0.29) is 22.5 Å². The van der Waals surface area contributed by atoms with Crippen LogP contribution < -0.4 is 10.5 Å². The summed E-state index contributed by atoms with van der Waals surface area (Å²) in [4.78, 5) is 14.2. The quantitative estimate of drug-likeness (QED) is 0.854. The van der Waals surface area contributed by atoms with Gasteiger partial charge in [-0.25, -0.2) is 12.8 Å². The Balaban J connectivity index is 1.72. The second kappa shape index (κ2) is 7.43. The predicted octanol–water partition coefficient (Wildman–Crippen LogP) is 2.19. The Bertz CT molecular complexity index is 875. The fraction of sp³-hybridized carbons (Fsp3) is 0.278. The highest BCUT2D eigenvalue weighted by Crippen LogP contribution is 2.18. The number of nitrogens with zero attached hydrogens (tertiary/aromatic N) is 1. The molecule has 0 spiro atoms. The lowest BCUT2D eigenvalue weighted by Gasteiger charge is -2.30. The van der Waals surface area contributed by atoms with Crippen molar-refractivity contribution in [3.05, 3.63) is 59.9 Å². The summed E-state index contributed by atoms with van der Waals surface area (Å²) in [5.41, 5.74) is 6.53. The first kappa shape index (κ1) is 18.3. The van der Waals surface area contributed by atoms with Crippen LogP contribution in [0.25, 0.3) is 0 Å². The molecule has 2 aromatic carbocycles. The lowest BCUT2D eigenvalue weighted by Crippen LogP contribution is -2.42. The molecule has 0 aromatic heterocycles. The zero-order valence-corrected chi connectivity index (χ0v) is 14.9. The van der Waals surface area contributed by atoms with Crippen molar-refractivity contribution in [3.63, 3.8) is 0 Å². The molecule has 2 aromatic rings. The van der Waals surface area contributed by atoms with Crippen LogP contribution in [0.1, 0.15) is 23.2 Å². The average molecular weight is 377 g/mol. The summed E-state index contributed by atoms with van der Waals surface area (Å²) >= 11 is 0. The number of nitrogens with two attached hydrogens (primary N) is 1. The number of rotatable bonds is 4. The summed E-state index contributed by atoms with van der Waals surface area (Å²) in [5.74, 6) is -0.582. The maximum absolute atomic E-state index is 12.9. The summed E-state index contributed by atoms with van der Waals surface area (Å²) in [6.45, 7) is 1.21. The average Bonchev–Trinajstić information content (AvgIpc) is 2.64. The van der Waals surface area contributed by atoms with E-state index in [9.17, 15) is 17.6 Å². The Morgan fingerprint density at radius 3 is 2.19 bits per heavy atom. The number of likely N-dealkylation sites (tertiary alicyclic amines) is 1. The first-order valence-electron chi connectivity index (χ1n) is 8.28. The summed E-state index contributed by atoms with van der Waals surface area (Å²) in [6, 6.07) is 10.9. The highest BCUT2D eigenvalue weighted by molar-refractivity contribution is 7.92. The molecule has 3 rings (SSSR count). The first-order valence-corrected chi connectivity index (χ1v) is 9.77. The molecule has 1 aliphatic rings. The lowest BCUT2D eigenvalue weighted by molar-refractivity contribution is 0.0714. The molecule has 3 N–H and O–H groups in total. The third-order valence-electron chi connectivity index (χ3n) is 4.33. The van der Waals surface area contributed by atoms with Crippen molar-refractivity contribution in [2.75, 3.05) is 17.8 Å². The summed E-state index contributed by atoms with van der Waals surface area (Å²) < 4.78 is 40.1. The number of amides is 1. The summed E-state index contributed by atoms with van der Waals surface area (Å²) in [5, 5.41) is 0. The highest BCUT2D eigenvalue weighted by Gasteiger charge is 2.22. The number of carbonyl (C=O) groups excluding carboxylic acids is 1. The number of sulfonamides is 1. The number of carbonyl (C=O) groups is 1. The van der Waals surface area contributed by atoms with Gasteiger partial charge in [0.05, 0.1) is 4.90 Å². The molecule has 1 aliphatic heterocycles. The number of halogens is 1. The van der Waals surface area contributed by atoms with E-state index in [4.69, 9.17) is 5.73 Å². The Morgan fingerprint density at radius 2 is 1.62 bits per heavy atom. The van der Waals surface area contributed by atoms with Crippen molar-refractivity contribution in [2.24, 2.45) is 5.73 Å². The number of benzene rings is 2. The number of hydrogen-bond acceptors (Lipinski definition) is 4. The Labute approximate surface area is 151 Å². The zero-order valence-electron chi connectivity index (χ0n) is 14.1. The number of nitrogens with one attached hydrogen (secondary N) is 1. The van der Waals surface area contributed by atoms with Crippen LogP contribution in [0.15, 0.2) is 53.4 Å². The third-order valence-corrected chi connectivity index (χ3v) is 5.73. The molecule has 138 valence electrons. The van der Waals surface area contributed by atoms with Crippen LogP contribution in [-0.2, 0) is 10.0 Å². The van der Waals surface area contributed by atoms with E-state index < -0.39 is 15.8 Å². The molecule has 1 fully saturated rings. The molecule has 0 saturated carbocycles. The lowest BCUT2D eigenvalue weighted by atomic mass is 10.1. The number of anilines is 1. The summed E-state index contributed by atoms with van der Waals surface area (Å²) in [7, 11) is -3.81. The Kier molecular flexibility index (Phi) is 5.24. The van der Waals surface area contributed by atoms with Crippen LogP contribution in [0, 0.1) is 5.82 Å². The minimum absolute atomic E-state index is 0.0269. The molecule has 1 heterocycles. The maximum Gasteiger partial charge on any atom is 0.261 e. The van der Waals surface area contributed by atoms with Gasteiger partial charge in [0, 0.05) is 30.4 Å². The minimum Gasteiger partial charge on any atom is -0.339 e. The van der Waals surface area contributed by atoms with Gasteiger partial charge in [0.15, 0.2) is 0 Å². The highest BCUT2D eigenvalue weighted by atomic mass is 32.2. The molecule has 1 saturated heterocycles. The van der Waals surface area contributed by atoms with E-state index >= 15 is 0 Å². The van der Waals surface area contributed by atoms with Crippen molar-refractivity contribution in [1.82, 2.24) is 4.90 Å². The molecule has 1 amide bonds.